The number of ketones is 2. The van der Waals surface area contributed by atoms with E-state index in [4.69, 9.17) is 5.11 Å². The number of rotatable bonds is 2. The maximum absolute atomic E-state index is 10.1. The normalized spacial score (nSPS) is 6.33. The molecule has 0 rings (SSSR count). The van der Waals surface area contributed by atoms with Gasteiger partial charge in [0.15, 0.2) is 17.7 Å². The molecule has 71 valence electrons. The molecule has 0 unspecified atom stereocenters. The largest absolute Gasteiger partial charge is 3.00 e. The Hall–Kier alpha value is -0.106. The van der Waals surface area contributed by atoms with Crippen molar-refractivity contribution in [1.82, 2.24) is 0 Å². The number of carbonyl (C=O) groups excluding carboxylic acids is 2. The van der Waals surface area contributed by atoms with Crippen LogP contribution in [0, 0.1) is 0 Å². The van der Waals surface area contributed by atoms with Crippen LogP contribution in [0.3, 0.4) is 0 Å². The van der Waals surface area contributed by atoms with E-state index in [1.165, 1.54) is 13.8 Å². The average molecular weight is 215 g/mol. The Morgan fingerprint density at radius 1 is 1.00 bits per heavy atom. The zero-order valence-electron chi connectivity index (χ0n) is 6.68. The molecule has 0 aliphatic rings. The number of Topliss-reactive ketones (excluding diaryl/α,β-unsaturated/α-hetero) is 2. The van der Waals surface area contributed by atoms with Gasteiger partial charge in [-0.2, -0.15) is 0 Å². The zero-order valence-corrected chi connectivity index (χ0v) is 8.24. The molecule has 6 nitrogen and oxygen atoms in total. The Kier molecular flexibility index (Phi) is 33.4. The molecule has 0 bridgehead atoms. The molecule has 0 saturated heterocycles. The fourth-order valence-electron chi connectivity index (χ4n) is 0.286. The van der Waals surface area contributed by atoms with E-state index in [2.05, 4.69) is 0 Å². The van der Waals surface area contributed by atoms with Crippen molar-refractivity contribution in [2.45, 2.75) is 20.0 Å². The first-order valence-corrected chi connectivity index (χ1v) is 2.24. The minimum atomic E-state index is -1.41. The first-order valence-electron chi connectivity index (χ1n) is 2.24. The molecule has 0 aliphatic heterocycles. The predicted octanol–water partition coefficient (Wildman–Crippen LogP) is -1.01. The Bertz CT molecular complexity index is 111. The topological polar surface area (TPSA) is 144 Å². The molecule has 0 heterocycles. The van der Waals surface area contributed by atoms with E-state index in [1.807, 2.05) is 0 Å². The predicted molar refractivity (Wildman–Crippen MR) is 33.2 cm³/mol. The fourth-order valence-corrected chi connectivity index (χ4v) is 0.286. The minimum Gasteiger partial charge on any atom is -0.870 e. The van der Waals surface area contributed by atoms with Crippen LogP contribution in [0.25, 0.3) is 0 Å². The summed E-state index contributed by atoms with van der Waals surface area (Å²) < 4.78 is 0. The Morgan fingerprint density at radius 3 is 1.17 bits per heavy atom. The molecule has 7 heteroatoms. The van der Waals surface area contributed by atoms with Crippen molar-refractivity contribution in [3.63, 3.8) is 0 Å². The van der Waals surface area contributed by atoms with Crippen LogP contribution in [-0.4, -0.2) is 39.2 Å². The molecule has 0 spiro atoms. The zero-order chi connectivity index (χ0) is 6.73. The van der Waals surface area contributed by atoms with E-state index < -0.39 is 17.7 Å². The maximum atomic E-state index is 10.1. The van der Waals surface area contributed by atoms with Crippen molar-refractivity contribution < 1.29 is 52.8 Å². The maximum Gasteiger partial charge on any atom is 3.00 e. The molecule has 1 radical (unpaired) electrons. The third-order valence-corrected chi connectivity index (χ3v) is 0.770. The van der Waals surface area contributed by atoms with Crippen molar-refractivity contribution >= 4 is 11.6 Å². The minimum absolute atomic E-state index is 0. The molecule has 12 heavy (non-hydrogen) atoms. The number of aliphatic hydroxyl groups is 1. The van der Waals surface area contributed by atoms with Gasteiger partial charge in [-0.15, -0.1) is 0 Å². The Labute approximate surface area is 84.8 Å². The second kappa shape index (κ2) is 13.5. The monoisotopic (exact) mass is 215 g/mol. The van der Waals surface area contributed by atoms with Gasteiger partial charge in [-0.1, -0.05) is 0 Å². The Morgan fingerprint density at radius 2 is 1.17 bits per heavy atom. The summed E-state index contributed by atoms with van der Waals surface area (Å²) in [5.74, 6) is -1.00. The standard InChI is InChI=1S/C5H8O3.3H2O.Ti/c1-3(6)5(8)4(2)7;;;;/h5,8H,1-2H3;3*1H2;/q;;;;+3/p-3. The molecule has 0 amide bonds. The quantitative estimate of drug-likeness (QED) is 0.461. The molecule has 0 aromatic heterocycles. The summed E-state index contributed by atoms with van der Waals surface area (Å²) in [5.41, 5.74) is 0. The van der Waals surface area contributed by atoms with E-state index in [0.29, 0.717) is 0 Å². The summed E-state index contributed by atoms with van der Waals surface area (Å²) in [6.07, 6.45) is -1.41. The second-order valence-electron chi connectivity index (χ2n) is 1.62. The van der Waals surface area contributed by atoms with Gasteiger partial charge in [-0.25, -0.2) is 0 Å². The number of hydrogen-bond acceptors (Lipinski definition) is 6. The number of aliphatic hydroxyl groups excluding tert-OH is 1. The molecular formula is C5H11O6Ti. The van der Waals surface area contributed by atoms with Gasteiger partial charge in [0.1, 0.15) is 0 Å². The number of carbonyl (C=O) groups is 2. The SMILES string of the molecule is CC(=O)C(O)C(C)=O.[OH-].[OH-].[OH-].[Ti+3]. The van der Waals surface area contributed by atoms with Gasteiger partial charge >= 0.3 is 21.7 Å². The van der Waals surface area contributed by atoms with Gasteiger partial charge in [-0.3, -0.25) is 9.59 Å². The summed E-state index contributed by atoms with van der Waals surface area (Å²) in [6.45, 7) is 2.35. The number of hydrogen-bond donors (Lipinski definition) is 1. The third-order valence-electron chi connectivity index (χ3n) is 0.770. The fraction of sp³-hybridized carbons (Fsp3) is 0.600. The molecule has 0 aliphatic carbocycles. The molecule has 0 aromatic rings. The molecule has 0 atom stereocenters. The third kappa shape index (κ3) is 12.6. The van der Waals surface area contributed by atoms with E-state index in [-0.39, 0.29) is 38.1 Å². The molecule has 0 saturated carbocycles. The van der Waals surface area contributed by atoms with Crippen molar-refractivity contribution in [2.24, 2.45) is 0 Å². The van der Waals surface area contributed by atoms with Crippen LogP contribution in [0.4, 0.5) is 0 Å². The van der Waals surface area contributed by atoms with Gasteiger partial charge in [0.05, 0.1) is 0 Å². The first-order chi connectivity index (χ1) is 3.55. The second-order valence-corrected chi connectivity index (χ2v) is 1.62. The van der Waals surface area contributed by atoms with E-state index in [1.54, 1.807) is 0 Å². The van der Waals surface area contributed by atoms with Crippen LogP contribution in [-0.2, 0) is 31.3 Å². The molecule has 4 N–H and O–H groups in total. The summed E-state index contributed by atoms with van der Waals surface area (Å²) in [6, 6.07) is 0. The van der Waals surface area contributed by atoms with Crippen LogP contribution in [0.5, 0.6) is 0 Å². The molecular weight excluding hydrogens is 204 g/mol. The van der Waals surface area contributed by atoms with Crippen molar-refractivity contribution in [3.05, 3.63) is 0 Å². The smallest absolute Gasteiger partial charge is 0.870 e. The van der Waals surface area contributed by atoms with Crippen LogP contribution in [0.2, 0.25) is 0 Å². The summed E-state index contributed by atoms with van der Waals surface area (Å²) >= 11 is 0. The van der Waals surface area contributed by atoms with Crippen LogP contribution in [0.1, 0.15) is 13.8 Å². The van der Waals surface area contributed by atoms with Crippen LogP contribution < -0.4 is 0 Å². The molecule has 0 fully saturated rings. The van der Waals surface area contributed by atoms with Crippen LogP contribution in [0.15, 0.2) is 0 Å². The van der Waals surface area contributed by atoms with Crippen molar-refractivity contribution in [2.75, 3.05) is 0 Å². The summed E-state index contributed by atoms with van der Waals surface area (Å²) in [7, 11) is 0. The summed E-state index contributed by atoms with van der Waals surface area (Å²) in [5, 5.41) is 8.50. The van der Waals surface area contributed by atoms with Crippen molar-refractivity contribution in [1.29, 1.82) is 0 Å². The van der Waals surface area contributed by atoms with Crippen molar-refractivity contribution in [3.8, 4) is 0 Å². The van der Waals surface area contributed by atoms with Gasteiger partial charge in [0, 0.05) is 0 Å². The molecule has 0 aromatic carbocycles. The first kappa shape index (κ1) is 29.7. The van der Waals surface area contributed by atoms with Gasteiger partial charge in [-0.05, 0) is 13.8 Å². The van der Waals surface area contributed by atoms with Gasteiger partial charge in [0.25, 0.3) is 0 Å². The van der Waals surface area contributed by atoms with Gasteiger partial charge in [0.2, 0.25) is 0 Å². The van der Waals surface area contributed by atoms with E-state index in [9.17, 15) is 9.59 Å². The van der Waals surface area contributed by atoms with E-state index in [0.717, 1.165) is 0 Å². The summed E-state index contributed by atoms with van der Waals surface area (Å²) in [4.78, 5) is 20.2. The van der Waals surface area contributed by atoms with E-state index >= 15 is 0 Å². The van der Waals surface area contributed by atoms with Crippen LogP contribution >= 0.6 is 0 Å². The average Bonchev–Trinajstić information content (AvgIpc) is 1.64. The van der Waals surface area contributed by atoms with Gasteiger partial charge < -0.3 is 21.5 Å². The Balaban J connectivity index is -0.0000000408.